The molecule has 3 rings (SSSR count). The van der Waals surface area contributed by atoms with Gasteiger partial charge in [0, 0.05) is 23.1 Å². The third-order valence-electron chi connectivity index (χ3n) is 4.66. The molecule has 0 unspecified atom stereocenters. The van der Waals surface area contributed by atoms with Gasteiger partial charge in [0.1, 0.15) is 6.67 Å². The maximum atomic E-state index is 12.9. The van der Waals surface area contributed by atoms with Gasteiger partial charge in [0.2, 0.25) is 5.91 Å². The zero-order chi connectivity index (χ0) is 22.6. The van der Waals surface area contributed by atoms with Crippen LogP contribution in [0.25, 0.3) is 0 Å². The number of alkyl halides is 1. The van der Waals surface area contributed by atoms with Crippen LogP contribution in [0.2, 0.25) is 0 Å². The predicted molar refractivity (Wildman–Crippen MR) is 124 cm³/mol. The fourth-order valence-corrected chi connectivity index (χ4v) is 3.91. The first-order valence-corrected chi connectivity index (χ1v) is 11.7. The van der Waals surface area contributed by atoms with Crippen molar-refractivity contribution in [2.75, 3.05) is 22.0 Å². The molecule has 0 saturated heterocycles. The average molecular weight is 465 g/mol. The van der Waals surface area contributed by atoms with Crippen LogP contribution < -0.4 is 20.7 Å². The van der Waals surface area contributed by atoms with Crippen molar-refractivity contribution in [3.8, 4) is 0 Å². The van der Waals surface area contributed by atoms with Crippen LogP contribution in [-0.2, 0) is 14.8 Å². The van der Waals surface area contributed by atoms with Crippen molar-refractivity contribution in [3.63, 3.8) is 0 Å². The van der Waals surface area contributed by atoms with Gasteiger partial charge in [-0.15, -0.1) is 0 Å². The third kappa shape index (κ3) is 6.38. The molecular formula is C21H25FN4O3S2. The van der Waals surface area contributed by atoms with E-state index in [9.17, 15) is 17.6 Å². The zero-order valence-corrected chi connectivity index (χ0v) is 18.9. The minimum absolute atomic E-state index is 0.0776. The fourth-order valence-electron chi connectivity index (χ4n) is 2.52. The van der Waals surface area contributed by atoms with E-state index in [1.54, 1.807) is 24.3 Å². The quantitative estimate of drug-likeness (QED) is 0.443. The first-order chi connectivity index (χ1) is 14.6. The van der Waals surface area contributed by atoms with E-state index < -0.39 is 28.0 Å². The Morgan fingerprint density at radius 2 is 1.71 bits per heavy atom. The lowest BCUT2D eigenvalue weighted by molar-refractivity contribution is -0.124. The maximum Gasteiger partial charge on any atom is 0.261 e. The summed E-state index contributed by atoms with van der Waals surface area (Å²) < 4.78 is 41.0. The number of sulfonamides is 1. The molecule has 0 radical (unpaired) electrons. The fraction of sp³-hybridized carbons (Fsp3) is 0.333. The van der Waals surface area contributed by atoms with Gasteiger partial charge in [0.25, 0.3) is 10.0 Å². The molecule has 1 aliphatic rings. The lowest BCUT2D eigenvalue weighted by Crippen LogP contribution is -2.32. The number of hydrogen-bond acceptors (Lipinski definition) is 4. The summed E-state index contributed by atoms with van der Waals surface area (Å²) >= 11 is 5.23. The molecule has 1 fully saturated rings. The van der Waals surface area contributed by atoms with Crippen LogP contribution in [-0.4, -0.2) is 32.2 Å². The van der Waals surface area contributed by atoms with E-state index in [1.165, 1.54) is 38.1 Å². The van der Waals surface area contributed by atoms with Gasteiger partial charge in [-0.3, -0.25) is 9.52 Å². The highest BCUT2D eigenvalue weighted by Crippen LogP contribution is 2.23. The summed E-state index contributed by atoms with van der Waals surface area (Å²) in [6.07, 6.45) is 2.16. The summed E-state index contributed by atoms with van der Waals surface area (Å²) in [5.41, 5.74) is 0.189. The van der Waals surface area contributed by atoms with Crippen LogP contribution in [0.5, 0.6) is 0 Å². The molecule has 1 aliphatic carbocycles. The minimum atomic E-state index is -3.84. The van der Waals surface area contributed by atoms with Crippen molar-refractivity contribution in [3.05, 3.63) is 48.5 Å². The van der Waals surface area contributed by atoms with Crippen LogP contribution in [0.1, 0.15) is 26.7 Å². The summed E-state index contributed by atoms with van der Waals surface area (Å²) in [5, 5.41) is 9.20. The predicted octanol–water partition coefficient (Wildman–Crippen LogP) is 3.87. The smallest absolute Gasteiger partial charge is 0.261 e. The highest BCUT2D eigenvalue weighted by Gasteiger charge is 2.27. The molecule has 0 atom stereocenters. The molecule has 2 aromatic carbocycles. The van der Waals surface area contributed by atoms with Crippen LogP contribution in [0.15, 0.2) is 53.4 Å². The number of anilines is 3. The van der Waals surface area contributed by atoms with E-state index in [0.717, 1.165) is 12.8 Å². The molecule has 2 aromatic rings. The first-order valence-electron chi connectivity index (χ1n) is 9.77. The van der Waals surface area contributed by atoms with E-state index >= 15 is 0 Å². The topological polar surface area (TPSA) is 99.3 Å². The molecule has 31 heavy (non-hydrogen) atoms. The molecule has 0 heterocycles. The van der Waals surface area contributed by atoms with Gasteiger partial charge in [0.15, 0.2) is 5.11 Å². The number of nitrogens with one attached hydrogen (secondary N) is 4. The Morgan fingerprint density at radius 3 is 2.32 bits per heavy atom. The highest BCUT2D eigenvalue weighted by atomic mass is 32.2. The van der Waals surface area contributed by atoms with Gasteiger partial charge in [-0.05, 0) is 81.4 Å². The van der Waals surface area contributed by atoms with Gasteiger partial charge in [-0.1, -0.05) is 6.07 Å². The Morgan fingerprint density at radius 1 is 1.06 bits per heavy atom. The van der Waals surface area contributed by atoms with E-state index in [4.69, 9.17) is 12.2 Å². The number of hydrogen-bond donors (Lipinski definition) is 4. The SMILES string of the molecule is CC(C)(CF)C(=O)Nc1ccc(NS(=O)(=O)c2cccc(NC(=S)NC3CC3)c2)cc1. The summed E-state index contributed by atoms with van der Waals surface area (Å²) in [6.45, 7) is 2.22. The first kappa shape index (κ1) is 23.0. The minimum Gasteiger partial charge on any atom is -0.360 e. The Hall–Kier alpha value is -2.72. The van der Waals surface area contributed by atoms with Gasteiger partial charge >= 0.3 is 0 Å². The Kier molecular flexibility index (Phi) is 6.80. The number of benzene rings is 2. The Labute approximate surface area is 186 Å². The number of halogens is 1. The molecule has 166 valence electrons. The monoisotopic (exact) mass is 464 g/mol. The van der Waals surface area contributed by atoms with Crippen LogP contribution >= 0.6 is 12.2 Å². The molecule has 0 spiro atoms. The largest absolute Gasteiger partial charge is 0.360 e. The number of carbonyl (C=O) groups excluding carboxylic acids is 1. The van der Waals surface area contributed by atoms with Crippen LogP contribution in [0.4, 0.5) is 21.5 Å². The van der Waals surface area contributed by atoms with Crippen molar-refractivity contribution in [2.45, 2.75) is 37.6 Å². The third-order valence-corrected chi connectivity index (χ3v) is 6.26. The van der Waals surface area contributed by atoms with Gasteiger partial charge in [0.05, 0.1) is 10.3 Å². The lowest BCUT2D eigenvalue weighted by Gasteiger charge is -2.19. The van der Waals surface area contributed by atoms with E-state index in [0.29, 0.717) is 28.2 Å². The second kappa shape index (κ2) is 9.19. The van der Waals surface area contributed by atoms with Gasteiger partial charge < -0.3 is 16.0 Å². The van der Waals surface area contributed by atoms with Crippen LogP contribution in [0.3, 0.4) is 0 Å². The molecule has 7 nitrogen and oxygen atoms in total. The van der Waals surface area contributed by atoms with Gasteiger partial charge in [-0.25, -0.2) is 12.8 Å². The normalized spacial score (nSPS) is 13.9. The van der Waals surface area contributed by atoms with Crippen molar-refractivity contribution in [2.24, 2.45) is 5.41 Å². The Bertz CT molecular complexity index is 1070. The number of amides is 1. The van der Waals surface area contributed by atoms with E-state index in [1.807, 2.05) is 0 Å². The van der Waals surface area contributed by atoms with E-state index in [2.05, 4.69) is 20.7 Å². The van der Waals surface area contributed by atoms with Crippen molar-refractivity contribution in [1.82, 2.24) is 5.32 Å². The second-order valence-electron chi connectivity index (χ2n) is 8.06. The van der Waals surface area contributed by atoms with Crippen molar-refractivity contribution in [1.29, 1.82) is 0 Å². The highest BCUT2D eigenvalue weighted by molar-refractivity contribution is 7.92. The Balaban J connectivity index is 1.65. The average Bonchev–Trinajstić information content (AvgIpc) is 3.53. The number of carbonyl (C=O) groups is 1. The van der Waals surface area contributed by atoms with Crippen LogP contribution in [0, 0.1) is 5.41 Å². The molecule has 10 heteroatoms. The standard InChI is InChI=1S/C21H25FN4O3S2/c1-21(2,13-22)19(27)23-14-8-10-16(11-9-14)26-31(28,29)18-5-3-4-17(12-18)25-20(30)24-15-6-7-15/h3-5,8-12,15,26H,6-7,13H2,1-2H3,(H,23,27)(H2,24,25,30). The second-order valence-corrected chi connectivity index (χ2v) is 10.1. The molecule has 1 amide bonds. The molecule has 0 aliphatic heterocycles. The van der Waals surface area contributed by atoms with Crippen molar-refractivity contribution >= 4 is 50.3 Å². The molecule has 0 aromatic heterocycles. The summed E-state index contributed by atoms with van der Waals surface area (Å²) in [7, 11) is -3.84. The number of rotatable bonds is 8. The molecule has 0 bridgehead atoms. The zero-order valence-electron chi connectivity index (χ0n) is 17.2. The van der Waals surface area contributed by atoms with Gasteiger partial charge in [-0.2, -0.15) is 0 Å². The molecule has 4 N–H and O–H groups in total. The van der Waals surface area contributed by atoms with Crippen molar-refractivity contribution < 1.29 is 17.6 Å². The van der Waals surface area contributed by atoms with E-state index in [-0.39, 0.29) is 4.90 Å². The number of thiocarbonyl (C=S) groups is 1. The maximum absolute atomic E-state index is 12.9. The summed E-state index contributed by atoms with van der Waals surface area (Å²) in [4.78, 5) is 12.1. The lowest BCUT2D eigenvalue weighted by atomic mass is 9.94. The molecular weight excluding hydrogens is 439 g/mol. The summed E-state index contributed by atoms with van der Waals surface area (Å²) in [6, 6.07) is 12.9. The summed E-state index contributed by atoms with van der Waals surface area (Å²) in [5.74, 6) is -0.457. The molecule has 1 saturated carbocycles.